The molecule has 36 heavy (non-hydrogen) atoms. The van der Waals surface area contributed by atoms with Gasteiger partial charge in [0, 0.05) is 49.3 Å². The van der Waals surface area contributed by atoms with Gasteiger partial charge >= 0.3 is 0 Å². The maximum absolute atomic E-state index is 14.6. The van der Waals surface area contributed by atoms with Gasteiger partial charge in [-0.05, 0) is 13.0 Å². The predicted octanol–water partition coefficient (Wildman–Crippen LogP) is 2.34. The van der Waals surface area contributed by atoms with E-state index >= 15 is 0 Å². The summed E-state index contributed by atoms with van der Waals surface area (Å²) in [5, 5.41) is 29.9. The first-order valence-corrected chi connectivity index (χ1v) is 11.1. The highest BCUT2D eigenvalue weighted by Crippen LogP contribution is 2.30. The Balaban J connectivity index is 0.00000456. The Morgan fingerprint density at radius 1 is 1.19 bits per heavy atom. The highest BCUT2D eigenvalue weighted by molar-refractivity contribution is 5.95. The third-order valence-corrected chi connectivity index (χ3v) is 5.70. The Morgan fingerprint density at radius 2 is 1.81 bits per heavy atom. The van der Waals surface area contributed by atoms with Crippen molar-refractivity contribution in [3.63, 3.8) is 0 Å². The molecule has 0 radical (unpaired) electrons. The lowest BCUT2D eigenvalue weighted by molar-refractivity contribution is -0.133. The third kappa shape index (κ3) is 6.82. The number of amides is 1. The van der Waals surface area contributed by atoms with Gasteiger partial charge in [-0.25, -0.2) is 8.78 Å². The zero-order valence-corrected chi connectivity index (χ0v) is 20.6. The molecule has 1 saturated carbocycles. The molecule has 1 unspecified atom stereocenters. The molecule has 12 heteroatoms. The number of nitrogens with one attached hydrogen (secondary N) is 2. The number of nitrogens with two attached hydrogens (primary N) is 1. The van der Waals surface area contributed by atoms with E-state index in [-0.39, 0.29) is 50.0 Å². The van der Waals surface area contributed by atoms with Crippen molar-refractivity contribution >= 4 is 24.1 Å². The topological polar surface area (TPSA) is 147 Å². The molecule has 198 valence electrons. The molecule has 0 saturated heterocycles. The third-order valence-electron chi connectivity index (χ3n) is 5.70. The van der Waals surface area contributed by atoms with Crippen LogP contribution in [0.5, 0.6) is 11.5 Å². The molecule has 4 atom stereocenters. The van der Waals surface area contributed by atoms with Crippen molar-refractivity contribution in [2.24, 2.45) is 5.73 Å². The minimum absolute atomic E-state index is 0. The van der Waals surface area contributed by atoms with Crippen LogP contribution in [0.3, 0.4) is 0 Å². The van der Waals surface area contributed by atoms with Crippen LogP contribution in [-0.4, -0.2) is 54.0 Å². The largest absolute Gasteiger partial charge is 0.497 e. The Morgan fingerprint density at radius 3 is 2.33 bits per heavy atom. The molecule has 1 fully saturated rings. The second kappa shape index (κ2) is 12.8. The van der Waals surface area contributed by atoms with Gasteiger partial charge in [-0.1, -0.05) is 12.1 Å². The van der Waals surface area contributed by atoms with Gasteiger partial charge in [0.2, 0.25) is 0 Å². The molecular formula is C24H30ClF2N3O6. The van der Waals surface area contributed by atoms with Crippen molar-refractivity contribution in [1.82, 2.24) is 5.32 Å². The van der Waals surface area contributed by atoms with Crippen molar-refractivity contribution in [2.75, 3.05) is 13.7 Å². The van der Waals surface area contributed by atoms with E-state index in [0.29, 0.717) is 16.9 Å². The van der Waals surface area contributed by atoms with Crippen LogP contribution in [0.2, 0.25) is 0 Å². The number of methoxy groups -OCH3 is 1. The Bertz CT molecular complexity index is 1060. The standard InChI is InChI=1S/C24H29F2N3O6.ClH/c1-3-34-22(21-16(25)7-14(33-2)8-17(21)26)24(32)29-11-13-5-4-12(23(27)28)6-20(13)35-15-9-18(30)19(31)10-15;/h4-8,15,18-19,22,30-31H,3,9-11H2,1-2H3,(H3,27,28)(H,29,32);1H/t15-,18+,19-,22?;. The van der Waals surface area contributed by atoms with Crippen LogP contribution in [0, 0.1) is 17.0 Å². The lowest BCUT2D eigenvalue weighted by atomic mass is 10.1. The molecule has 0 aliphatic heterocycles. The number of rotatable bonds is 10. The van der Waals surface area contributed by atoms with Crippen molar-refractivity contribution < 1.29 is 38.0 Å². The Kier molecular flexibility index (Phi) is 10.4. The first-order chi connectivity index (χ1) is 16.6. The highest BCUT2D eigenvalue weighted by atomic mass is 35.5. The van der Waals surface area contributed by atoms with Crippen molar-refractivity contribution in [2.45, 2.75) is 50.7 Å². The average molecular weight is 530 g/mol. The fourth-order valence-corrected chi connectivity index (χ4v) is 3.86. The average Bonchev–Trinajstić information content (AvgIpc) is 3.13. The SMILES string of the molecule is CCOC(C(=O)NCc1ccc(C(=N)N)cc1O[C@H]1C[C@@H](O)[C@@H](O)C1)c1c(F)cc(OC)cc1F.Cl. The number of nitrogen functional groups attached to an aromatic ring is 1. The molecule has 2 aromatic rings. The highest BCUT2D eigenvalue weighted by Gasteiger charge is 2.33. The molecule has 1 aliphatic carbocycles. The molecule has 3 rings (SSSR count). The summed E-state index contributed by atoms with van der Waals surface area (Å²) < 4.78 is 45.3. The van der Waals surface area contributed by atoms with Crippen molar-refractivity contribution in [1.29, 1.82) is 5.41 Å². The number of ether oxygens (including phenoxy) is 3. The molecule has 0 bridgehead atoms. The summed E-state index contributed by atoms with van der Waals surface area (Å²) in [5.74, 6) is -2.68. The van der Waals surface area contributed by atoms with Crippen LogP contribution in [0.1, 0.15) is 42.6 Å². The summed E-state index contributed by atoms with van der Waals surface area (Å²) >= 11 is 0. The monoisotopic (exact) mass is 529 g/mol. The number of halogens is 3. The van der Waals surface area contributed by atoms with Gasteiger partial charge in [0.25, 0.3) is 5.91 Å². The summed E-state index contributed by atoms with van der Waals surface area (Å²) in [7, 11) is 1.27. The van der Waals surface area contributed by atoms with Crippen LogP contribution < -0.4 is 20.5 Å². The fraction of sp³-hybridized carbons (Fsp3) is 0.417. The fourth-order valence-electron chi connectivity index (χ4n) is 3.86. The lowest BCUT2D eigenvalue weighted by Crippen LogP contribution is -2.32. The summed E-state index contributed by atoms with van der Waals surface area (Å²) in [6.45, 7) is 1.53. The van der Waals surface area contributed by atoms with Gasteiger partial charge in [0.05, 0.1) is 24.9 Å². The molecule has 0 spiro atoms. The number of hydrogen-bond acceptors (Lipinski definition) is 7. The predicted molar refractivity (Wildman–Crippen MR) is 129 cm³/mol. The van der Waals surface area contributed by atoms with Crippen LogP contribution in [0.4, 0.5) is 8.78 Å². The molecule has 1 aliphatic rings. The molecule has 1 amide bonds. The summed E-state index contributed by atoms with van der Waals surface area (Å²) in [6.07, 6.45) is -3.46. The number of amidine groups is 1. The van der Waals surface area contributed by atoms with E-state index in [9.17, 15) is 23.8 Å². The second-order valence-electron chi connectivity index (χ2n) is 8.14. The molecule has 6 N–H and O–H groups in total. The van der Waals surface area contributed by atoms with E-state index in [1.807, 2.05) is 0 Å². The quantitative estimate of drug-likeness (QED) is 0.234. The number of carbonyl (C=O) groups excluding carboxylic acids is 1. The molecule has 9 nitrogen and oxygen atoms in total. The molecule has 0 heterocycles. The zero-order valence-electron chi connectivity index (χ0n) is 19.8. The number of benzene rings is 2. The maximum Gasteiger partial charge on any atom is 0.254 e. The normalized spacial score (nSPS) is 19.8. The lowest BCUT2D eigenvalue weighted by Gasteiger charge is -2.21. The van der Waals surface area contributed by atoms with Crippen LogP contribution in [0.15, 0.2) is 30.3 Å². The Hall–Kier alpha value is -2.99. The maximum atomic E-state index is 14.6. The second-order valence-corrected chi connectivity index (χ2v) is 8.14. The van der Waals surface area contributed by atoms with E-state index in [4.69, 9.17) is 25.4 Å². The van der Waals surface area contributed by atoms with Crippen LogP contribution >= 0.6 is 12.4 Å². The van der Waals surface area contributed by atoms with E-state index < -0.39 is 47.5 Å². The first-order valence-electron chi connectivity index (χ1n) is 11.1. The smallest absolute Gasteiger partial charge is 0.254 e. The zero-order chi connectivity index (χ0) is 25.7. The van der Waals surface area contributed by atoms with Gasteiger partial charge in [-0.15, -0.1) is 12.4 Å². The number of aliphatic hydroxyl groups excluding tert-OH is 2. The minimum atomic E-state index is -1.55. The number of hydrogen-bond donors (Lipinski definition) is 5. The summed E-state index contributed by atoms with van der Waals surface area (Å²) in [6, 6.07) is 6.61. The number of carbonyl (C=O) groups is 1. The Labute approximate surface area is 213 Å². The van der Waals surface area contributed by atoms with Gasteiger partial charge < -0.3 is 35.5 Å². The minimum Gasteiger partial charge on any atom is -0.497 e. The number of aliphatic hydroxyl groups is 2. The van der Waals surface area contributed by atoms with Crippen molar-refractivity contribution in [3.8, 4) is 11.5 Å². The van der Waals surface area contributed by atoms with Gasteiger partial charge in [-0.3, -0.25) is 10.2 Å². The molecular weight excluding hydrogens is 500 g/mol. The van der Waals surface area contributed by atoms with Gasteiger partial charge in [-0.2, -0.15) is 0 Å². The van der Waals surface area contributed by atoms with E-state index in [1.54, 1.807) is 19.1 Å². The van der Waals surface area contributed by atoms with Crippen LogP contribution in [-0.2, 0) is 16.1 Å². The van der Waals surface area contributed by atoms with Crippen molar-refractivity contribution in [3.05, 3.63) is 58.7 Å². The van der Waals surface area contributed by atoms with Gasteiger partial charge in [0.15, 0.2) is 6.10 Å². The summed E-state index contributed by atoms with van der Waals surface area (Å²) in [5.41, 5.74) is 5.91. The first kappa shape index (κ1) is 29.2. The molecule has 0 aromatic heterocycles. The summed E-state index contributed by atoms with van der Waals surface area (Å²) in [4.78, 5) is 12.9. The van der Waals surface area contributed by atoms with E-state index in [2.05, 4.69) is 5.32 Å². The molecule has 2 aromatic carbocycles. The van der Waals surface area contributed by atoms with Crippen LogP contribution in [0.25, 0.3) is 0 Å². The van der Waals surface area contributed by atoms with E-state index in [1.165, 1.54) is 13.2 Å². The van der Waals surface area contributed by atoms with E-state index in [0.717, 1.165) is 12.1 Å². The van der Waals surface area contributed by atoms with Gasteiger partial charge in [0.1, 0.15) is 35.1 Å².